The predicted octanol–water partition coefficient (Wildman–Crippen LogP) is 2.52. The molecular formula is C16H23NO3. The maximum Gasteiger partial charge on any atom is 0.252 e. The van der Waals surface area contributed by atoms with E-state index in [2.05, 4.69) is 5.32 Å². The van der Waals surface area contributed by atoms with E-state index in [1.807, 2.05) is 0 Å². The van der Waals surface area contributed by atoms with Crippen molar-refractivity contribution in [2.45, 2.75) is 51.0 Å². The first-order valence-electron chi connectivity index (χ1n) is 7.29. The summed E-state index contributed by atoms with van der Waals surface area (Å²) in [4.78, 5) is 12.4. The number of hydrogen-bond acceptors (Lipinski definition) is 3. The number of carbonyl (C=O) groups is 1. The lowest BCUT2D eigenvalue weighted by atomic mass is 9.90. The Bertz CT molecular complexity index is 477. The number of aliphatic hydroxyl groups is 1. The van der Waals surface area contributed by atoms with Crippen molar-refractivity contribution in [1.29, 1.82) is 0 Å². The van der Waals surface area contributed by atoms with Crippen molar-refractivity contribution in [1.82, 2.24) is 5.32 Å². The number of amides is 1. The molecule has 3 N–H and O–H groups in total. The van der Waals surface area contributed by atoms with Crippen LogP contribution in [0.3, 0.4) is 0 Å². The molecule has 1 aromatic carbocycles. The van der Waals surface area contributed by atoms with E-state index in [-0.39, 0.29) is 18.3 Å². The molecule has 1 aliphatic carbocycles. The molecule has 0 heterocycles. The topological polar surface area (TPSA) is 69.6 Å². The molecule has 1 aliphatic rings. The van der Waals surface area contributed by atoms with E-state index in [1.165, 1.54) is 6.07 Å². The molecule has 0 unspecified atom stereocenters. The summed E-state index contributed by atoms with van der Waals surface area (Å²) >= 11 is 0. The minimum Gasteiger partial charge on any atom is -0.508 e. The molecule has 20 heavy (non-hydrogen) atoms. The number of aromatic hydroxyl groups is 1. The molecule has 1 fully saturated rings. The number of carbonyl (C=O) groups excluding carboxylic acids is 1. The molecule has 0 spiro atoms. The van der Waals surface area contributed by atoms with Crippen LogP contribution < -0.4 is 5.32 Å². The van der Waals surface area contributed by atoms with Gasteiger partial charge in [0.25, 0.3) is 5.91 Å². The fourth-order valence-corrected chi connectivity index (χ4v) is 2.94. The number of aliphatic hydroxyl groups excluding tert-OH is 1. The van der Waals surface area contributed by atoms with Gasteiger partial charge in [0.2, 0.25) is 0 Å². The van der Waals surface area contributed by atoms with E-state index >= 15 is 0 Å². The lowest BCUT2D eigenvalue weighted by molar-refractivity contribution is 0.0805. The summed E-state index contributed by atoms with van der Waals surface area (Å²) in [6, 6.07) is 4.72. The van der Waals surface area contributed by atoms with Crippen molar-refractivity contribution in [3.05, 3.63) is 29.3 Å². The number of nitrogens with one attached hydrogen (secondary N) is 1. The third kappa shape index (κ3) is 3.31. The SMILES string of the molecule is Cc1cc(O)ccc1C(=O)NC1(CO)CCCCCC1. The van der Waals surface area contributed by atoms with Gasteiger partial charge in [-0.1, -0.05) is 25.7 Å². The highest BCUT2D eigenvalue weighted by Crippen LogP contribution is 2.27. The zero-order chi connectivity index (χ0) is 14.6. The number of phenolic OH excluding ortho intramolecular Hbond substituents is 1. The second kappa shape index (κ2) is 6.27. The Labute approximate surface area is 119 Å². The summed E-state index contributed by atoms with van der Waals surface area (Å²) < 4.78 is 0. The molecule has 0 atom stereocenters. The van der Waals surface area contributed by atoms with Gasteiger partial charge in [-0.25, -0.2) is 0 Å². The van der Waals surface area contributed by atoms with Gasteiger partial charge < -0.3 is 15.5 Å². The fourth-order valence-electron chi connectivity index (χ4n) is 2.94. The zero-order valence-corrected chi connectivity index (χ0v) is 12.0. The average molecular weight is 277 g/mol. The molecule has 0 aliphatic heterocycles. The molecule has 4 nitrogen and oxygen atoms in total. The van der Waals surface area contributed by atoms with Crippen molar-refractivity contribution in [3.63, 3.8) is 0 Å². The van der Waals surface area contributed by atoms with Gasteiger partial charge >= 0.3 is 0 Å². The van der Waals surface area contributed by atoms with Crippen molar-refractivity contribution in [2.24, 2.45) is 0 Å². The molecule has 0 aromatic heterocycles. The first kappa shape index (κ1) is 14.9. The molecule has 110 valence electrons. The minimum atomic E-state index is -0.488. The smallest absolute Gasteiger partial charge is 0.252 e. The lowest BCUT2D eigenvalue weighted by Gasteiger charge is -2.32. The highest BCUT2D eigenvalue weighted by molar-refractivity contribution is 5.96. The summed E-state index contributed by atoms with van der Waals surface area (Å²) in [6.07, 6.45) is 6.05. The van der Waals surface area contributed by atoms with Gasteiger partial charge in [-0.15, -0.1) is 0 Å². The van der Waals surface area contributed by atoms with Crippen LogP contribution in [0, 0.1) is 6.92 Å². The van der Waals surface area contributed by atoms with Crippen molar-refractivity contribution in [2.75, 3.05) is 6.61 Å². The molecule has 0 saturated heterocycles. The summed E-state index contributed by atoms with van der Waals surface area (Å²) in [6.45, 7) is 1.78. The standard InChI is InChI=1S/C16H23NO3/c1-12-10-13(19)6-7-14(12)15(20)17-16(11-18)8-4-2-3-5-9-16/h6-7,10,18-19H,2-5,8-9,11H2,1H3,(H,17,20). The van der Waals surface area contributed by atoms with Gasteiger partial charge in [0.1, 0.15) is 5.75 Å². The second-order valence-corrected chi connectivity index (χ2v) is 5.81. The average Bonchev–Trinajstić information content (AvgIpc) is 2.64. The van der Waals surface area contributed by atoms with E-state index in [0.717, 1.165) is 44.1 Å². The number of phenols is 1. The molecule has 4 heteroatoms. The summed E-state index contributed by atoms with van der Waals surface area (Å²) in [7, 11) is 0. The Morgan fingerprint density at radius 3 is 2.45 bits per heavy atom. The Kier molecular flexibility index (Phi) is 4.65. The van der Waals surface area contributed by atoms with Gasteiger partial charge in [0.15, 0.2) is 0 Å². The highest BCUT2D eigenvalue weighted by Gasteiger charge is 2.32. The van der Waals surface area contributed by atoms with Crippen LogP contribution in [0.25, 0.3) is 0 Å². The lowest BCUT2D eigenvalue weighted by Crippen LogP contribution is -2.51. The predicted molar refractivity (Wildman–Crippen MR) is 77.8 cm³/mol. The van der Waals surface area contributed by atoms with Gasteiger partial charge in [0.05, 0.1) is 12.1 Å². The van der Waals surface area contributed by atoms with Gasteiger partial charge in [-0.2, -0.15) is 0 Å². The first-order valence-corrected chi connectivity index (χ1v) is 7.29. The maximum absolute atomic E-state index is 12.4. The zero-order valence-electron chi connectivity index (χ0n) is 12.0. The number of rotatable bonds is 3. The van der Waals surface area contributed by atoms with Crippen LogP contribution in [-0.2, 0) is 0 Å². The monoisotopic (exact) mass is 277 g/mol. The number of aryl methyl sites for hydroxylation is 1. The Balaban J connectivity index is 2.16. The summed E-state index contributed by atoms with van der Waals surface area (Å²) in [5.41, 5.74) is 0.807. The van der Waals surface area contributed by atoms with Crippen LogP contribution in [0.5, 0.6) is 5.75 Å². The van der Waals surface area contributed by atoms with Crippen LogP contribution in [0.1, 0.15) is 54.4 Å². The fraction of sp³-hybridized carbons (Fsp3) is 0.562. The Morgan fingerprint density at radius 2 is 1.90 bits per heavy atom. The van der Waals surface area contributed by atoms with Gasteiger partial charge in [-0.3, -0.25) is 4.79 Å². The quantitative estimate of drug-likeness (QED) is 0.744. The van der Waals surface area contributed by atoms with Crippen molar-refractivity contribution in [3.8, 4) is 5.75 Å². The van der Waals surface area contributed by atoms with Crippen molar-refractivity contribution >= 4 is 5.91 Å². The van der Waals surface area contributed by atoms with Crippen LogP contribution in [-0.4, -0.2) is 28.3 Å². The highest BCUT2D eigenvalue weighted by atomic mass is 16.3. The van der Waals surface area contributed by atoms with Crippen LogP contribution in [0.15, 0.2) is 18.2 Å². The third-order valence-electron chi connectivity index (χ3n) is 4.20. The van der Waals surface area contributed by atoms with Crippen LogP contribution in [0.2, 0.25) is 0 Å². The van der Waals surface area contributed by atoms with E-state index < -0.39 is 5.54 Å². The Morgan fingerprint density at radius 1 is 1.25 bits per heavy atom. The van der Waals surface area contributed by atoms with Gasteiger partial charge in [-0.05, 0) is 43.5 Å². The second-order valence-electron chi connectivity index (χ2n) is 5.81. The summed E-state index contributed by atoms with van der Waals surface area (Å²) in [5.74, 6) is -0.0103. The molecule has 1 aromatic rings. The van der Waals surface area contributed by atoms with Crippen molar-refractivity contribution < 1.29 is 15.0 Å². The van der Waals surface area contributed by atoms with E-state index in [1.54, 1.807) is 19.1 Å². The minimum absolute atomic E-state index is 0.0180. The van der Waals surface area contributed by atoms with E-state index in [0.29, 0.717) is 5.56 Å². The molecular weight excluding hydrogens is 254 g/mol. The van der Waals surface area contributed by atoms with Crippen LogP contribution in [0.4, 0.5) is 0 Å². The van der Waals surface area contributed by atoms with E-state index in [4.69, 9.17) is 0 Å². The Hall–Kier alpha value is -1.55. The number of hydrogen-bond donors (Lipinski definition) is 3. The largest absolute Gasteiger partial charge is 0.508 e. The van der Waals surface area contributed by atoms with E-state index in [9.17, 15) is 15.0 Å². The maximum atomic E-state index is 12.4. The first-order chi connectivity index (χ1) is 9.56. The molecule has 2 rings (SSSR count). The van der Waals surface area contributed by atoms with Crippen LogP contribution >= 0.6 is 0 Å². The van der Waals surface area contributed by atoms with Gasteiger partial charge in [0, 0.05) is 5.56 Å². The normalized spacial score (nSPS) is 18.3. The molecule has 0 radical (unpaired) electrons. The number of benzene rings is 1. The molecule has 1 amide bonds. The summed E-state index contributed by atoms with van der Waals surface area (Å²) in [5, 5.41) is 22.2. The molecule has 0 bridgehead atoms. The molecule has 1 saturated carbocycles. The third-order valence-corrected chi connectivity index (χ3v) is 4.20.